The molecule has 1 aromatic heterocycles. The summed E-state index contributed by atoms with van der Waals surface area (Å²) in [6.07, 6.45) is 7.06. The molecule has 1 atom stereocenters. The van der Waals surface area contributed by atoms with Gasteiger partial charge in [0.25, 0.3) is 0 Å². The fraction of sp³-hybridized carbons (Fsp3) is 0.583. The summed E-state index contributed by atoms with van der Waals surface area (Å²) in [6.45, 7) is 4.34. The first-order valence-corrected chi connectivity index (χ1v) is 5.66. The molecule has 0 amide bonds. The van der Waals surface area contributed by atoms with Crippen molar-refractivity contribution in [1.29, 1.82) is 0 Å². The molecule has 1 unspecified atom stereocenters. The van der Waals surface area contributed by atoms with E-state index in [2.05, 4.69) is 31.0 Å². The van der Waals surface area contributed by atoms with Crippen LogP contribution in [-0.2, 0) is 6.42 Å². The molecule has 0 aliphatic heterocycles. The van der Waals surface area contributed by atoms with Gasteiger partial charge in [0.2, 0.25) is 0 Å². The molecule has 0 aliphatic carbocycles. The minimum absolute atomic E-state index is 0.317. The fourth-order valence-electron chi connectivity index (χ4n) is 1.38. The van der Waals surface area contributed by atoms with Crippen LogP contribution in [0.1, 0.15) is 32.3 Å². The molecule has 1 rings (SSSR count). The van der Waals surface area contributed by atoms with Gasteiger partial charge in [-0.3, -0.25) is 4.98 Å². The van der Waals surface area contributed by atoms with Crippen molar-refractivity contribution in [2.24, 2.45) is 5.92 Å². The average molecular weight is 212 g/mol. The van der Waals surface area contributed by atoms with Crippen LogP contribution in [0.4, 0.5) is 0 Å². The highest BCUT2D eigenvalue weighted by Gasteiger charge is 2.08. The standard InChI is InChI=1S/C12H18ClN/c1-10(2)12(13)5-3-4-11-6-8-14-9-7-11/h6-10,12H,3-5H2,1-2H3. The van der Waals surface area contributed by atoms with Crippen molar-refractivity contribution in [1.82, 2.24) is 4.98 Å². The average Bonchev–Trinajstić information content (AvgIpc) is 2.19. The summed E-state index contributed by atoms with van der Waals surface area (Å²) in [5.74, 6) is 0.578. The van der Waals surface area contributed by atoms with Crippen molar-refractivity contribution in [3.63, 3.8) is 0 Å². The van der Waals surface area contributed by atoms with E-state index in [9.17, 15) is 0 Å². The van der Waals surface area contributed by atoms with Crippen LogP contribution in [0.5, 0.6) is 0 Å². The summed E-state index contributed by atoms with van der Waals surface area (Å²) in [4.78, 5) is 3.99. The monoisotopic (exact) mass is 211 g/mol. The van der Waals surface area contributed by atoms with Crippen molar-refractivity contribution in [2.45, 2.75) is 38.5 Å². The Kier molecular flexibility index (Phi) is 4.95. The molecule has 0 aliphatic rings. The minimum Gasteiger partial charge on any atom is -0.265 e. The van der Waals surface area contributed by atoms with E-state index >= 15 is 0 Å². The fourth-order valence-corrected chi connectivity index (χ4v) is 1.54. The molecule has 1 heterocycles. The van der Waals surface area contributed by atoms with Crippen LogP contribution >= 0.6 is 11.6 Å². The molecule has 2 heteroatoms. The molecule has 0 saturated carbocycles. The van der Waals surface area contributed by atoms with E-state index in [0.29, 0.717) is 11.3 Å². The maximum absolute atomic E-state index is 6.17. The number of hydrogen-bond donors (Lipinski definition) is 0. The van der Waals surface area contributed by atoms with Crippen LogP contribution in [0.3, 0.4) is 0 Å². The summed E-state index contributed by atoms with van der Waals surface area (Å²) in [6, 6.07) is 4.14. The number of pyridine rings is 1. The molecule has 0 radical (unpaired) electrons. The van der Waals surface area contributed by atoms with Gasteiger partial charge < -0.3 is 0 Å². The number of nitrogens with zero attached hydrogens (tertiary/aromatic N) is 1. The van der Waals surface area contributed by atoms with E-state index < -0.39 is 0 Å². The van der Waals surface area contributed by atoms with Crippen LogP contribution < -0.4 is 0 Å². The molecule has 14 heavy (non-hydrogen) atoms. The van der Waals surface area contributed by atoms with Gasteiger partial charge in [-0.15, -0.1) is 11.6 Å². The third-order valence-electron chi connectivity index (χ3n) is 2.42. The molecule has 0 fully saturated rings. The summed E-state index contributed by atoms with van der Waals surface area (Å²) in [5, 5.41) is 0.317. The summed E-state index contributed by atoms with van der Waals surface area (Å²) in [5.41, 5.74) is 1.35. The Hall–Kier alpha value is -0.560. The Morgan fingerprint density at radius 1 is 1.29 bits per heavy atom. The van der Waals surface area contributed by atoms with Crippen molar-refractivity contribution in [3.8, 4) is 0 Å². The largest absolute Gasteiger partial charge is 0.265 e. The van der Waals surface area contributed by atoms with E-state index in [-0.39, 0.29) is 0 Å². The lowest BCUT2D eigenvalue weighted by atomic mass is 10.0. The molecule has 78 valence electrons. The number of rotatable bonds is 5. The van der Waals surface area contributed by atoms with E-state index in [0.717, 1.165) is 19.3 Å². The SMILES string of the molecule is CC(C)C(Cl)CCCc1ccncc1. The number of hydrogen-bond acceptors (Lipinski definition) is 1. The van der Waals surface area contributed by atoms with E-state index in [1.165, 1.54) is 5.56 Å². The molecular formula is C12H18ClN. The van der Waals surface area contributed by atoms with Crippen LogP contribution in [0.25, 0.3) is 0 Å². The summed E-state index contributed by atoms with van der Waals surface area (Å²) in [7, 11) is 0. The molecule has 0 bridgehead atoms. The molecule has 0 saturated heterocycles. The quantitative estimate of drug-likeness (QED) is 0.678. The second kappa shape index (κ2) is 6.02. The van der Waals surface area contributed by atoms with Gasteiger partial charge in [0.15, 0.2) is 0 Å². The molecule has 0 aromatic carbocycles. The Morgan fingerprint density at radius 3 is 2.50 bits per heavy atom. The first kappa shape index (κ1) is 11.5. The summed E-state index contributed by atoms with van der Waals surface area (Å²) < 4.78 is 0. The smallest absolute Gasteiger partial charge is 0.0359 e. The number of alkyl halides is 1. The minimum atomic E-state index is 0.317. The highest BCUT2D eigenvalue weighted by atomic mass is 35.5. The van der Waals surface area contributed by atoms with Crippen LogP contribution in [0.2, 0.25) is 0 Å². The van der Waals surface area contributed by atoms with Crippen molar-refractivity contribution < 1.29 is 0 Å². The first-order valence-electron chi connectivity index (χ1n) is 5.23. The first-order chi connectivity index (χ1) is 6.70. The van der Waals surface area contributed by atoms with Crippen molar-refractivity contribution in [2.75, 3.05) is 0 Å². The Bertz CT molecular complexity index is 246. The van der Waals surface area contributed by atoms with E-state index in [1.807, 2.05) is 12.4 Å². The molecule has 1 nitrogen and oxygen atoms in total. The van der Waals surface area contributed by atoms with Gasteiger partial charge in [-0.05, 0) is 42.9 Å². The molecule has 0 N–H and O–H groups in total. The van der Waals surface area contributed by atoms with Crippen LogP contribution in [0.15, 0.2) is 24.5 Å². The second-order valence-electron chi connectivity index (χ2n) is 4.01. The van der Waals surface area contributed by atoms with Crippen molar-refractivity contribution in [3.05, 3.63) is 30.1 Å². The predicted molar refractivity (Wildman–Crippen MR) is 61.7 cm³/mol. The van der Waals surface area contributed by atoms with Gasteiger partial charge in [0.1, 0.15) is 0 Å². The lowest BCUT2D eigenvalue weighted by molar-refractivity contribution is 0.547. The maximum Gasteiger partial charge on any atom is 0.0359 e. The van der Waals surface area contributed by atoms with Gasteiger partial charge >= 0.3 is 0 Å². The molecule has 0 spiro atoms. The predicted octanol–water partition coefficient (Wildman–Crippen LogP) is 3.67. The highest BCUT2D eigenvalue weighted by Crippen LogP contribution is 2.16. The Morgan fingerprint density at radius 2 is 1.93 bits per heavy atom. The third kappa shape index (κ3) is 4.10. The van der Waals surface area contributed by atoms with Gasteiger partial charge in [0, 0.05) is 17.8 Å². The molecular weight excluding hydrogens is 194 g/mol. The molecule has 1 aromatic rings. The van der Waals surface area contributed by atoms with E-state index in [1.54, 1.807) is 0 Å². The van der Waals surface area contributed by atoms with Gasteiger partial charge in [-0.25, -0.2) is 0 Å². The zero-order chi connectivity index (χ0) is 10.4. The number of aromatic nitrogens is 1. The van der Waals surface area contributed by atoms with Gasteiger partial charge in [0.05, 0.1) is 0 Å². The Labute approximate surface area is 91.5 Å². The number of aryl methyl sites for hydroxylation is 1. The second-order valence-corrected chi connectivity index (χ2v) is 4.57. The van der Waals surface area contributed by atoms with Crippen LogP contribution in [-0.4, -0.2) is 10.4 Å². The van der Waals surface area contributed by atoms with E-state index in [4.69, 9.17) is 11.6 Å². The van der Waals surface area contributed by atoms with Gasteiger partial charge in [-0.1, -0.05) is 13.8 Å². The highest BCUT2D eigenvalue weighted by molar-refractivity contribution is 6.20. The van der Waals surface area contributed by atoms with Crippen LogP contribution in [0, 0.1) is 5.92 Å². The number of halogens is 1. The zero-order valence-electron chi connectivity index (χ0n) is 8.91. The summed E-state index contributed by atoms with van der Waals surface area (Å²) >= 11 is 6.17. The topological polar surface area (TPSA) is 12.9 Å². The lowest BCUT2D eigenvalue weighted by Gasteiger charge is -2.12. The van der Waals surface area contributed by atoms with Crippen molar-refractivity contribution >= 4 is 11.6 Å². The normalized spacial score (nSPS) is 13.1. The zero-order valence-corrected chi connectivity index (χ0v) is 9.67. The Balaban J connectivity index is 2.22. The lowest BCUT2D eigenvalue weighted by Crippen LogP contribution is -2.07. The van der Waals surface area contributed by atoms with Gasteiger partial charge in [-0.2, -0.15) is 0 Å². The third-order valence-corrected chi connectivity index (χ3v) is 3.14. The maximum atomic E-state index is 6.17.